The molecule has 1 saturated heterocycles. The highest BCUT2D eigenvalue weighted by Gasteiger charge is 2.27. The summed E-state index contributed by atoms with van der Waals surface area (Å²) >= 11 is 13.1. The van der Waals surface area contributed by atoms with Crippen LogP contribution in [-0.4, -0.2) is 37.3 Å². The Bertz CT molecular complexity index is 574. The van der Waals surface area contributed by atoms with E-state index in [1.807, 2.05) is 0 Å². The van der Waals surface area contributed by atoms with Crippen LogP contribution in [0.25, 0.3) is 0 Å². The number of halogens is 3. The molecule has 0 N–H and O–H groups in total. The van der Waals surface area contributed by atoms with Gasteiger partial charge in [-0.05, 0) is 17.7 Å². The minimum Gasteiger partial charge on any atom is -0.207 e. The molecule has 0 bridgehead atoms. The van der Waals surface area contributed by atoms with Gasteiger partial charge in [0.15, 0.2) is 0 Å². The lowest BCUT2D eigenvalue weighted by molar-refractivity contribution is 0.443. The second-order valence-electron chi connectivity index (χ2n) is 4.03. The van der Waals surface area contributed by atoms with Crippen molar-refractivity contribution in [1.82, 2.24) is 4.31 Å². The summed E-state index contributed by atoms with van der Waals surface area (Å²) in [5.41, 5.74) is 0.285. The van der Waals surface area contributed by atoms with E-state index in [2.05, 4.69) is 0 Å². The molecule has 1 aliphatic heterocycles. The summed E-state index contributed by atoms with van der Waals surface area (Å²) in [6, 6.07) is 2.30. The Kier molecular flexibility index (Phi) is 5.00. The van der Waals surface area contributed by atoms with Gasteiger partial charge in [0, 0.05) is 30.5 Å². The van der Waals surface area contributed by atoms with Crippen molar-refractivity contribution in [3.05, 3.63) is 28.5 Å². The van der Waals surface area contributed by atoms with E-state index in [1.54, 1.807) is 11.8 Å². The first-order chi connectivity index (χ1) is 8.96. The Hall–Kier alpha value is -0.0100. The van der Waals surface area contributed by atoms with E-state index in [0.717, 1.165) is 17.6 Å². The van der Waals surface area contributed by atoms with Crippen molar-refractivity contribution in [2.75, 3.05) is 24.6 Å². The van der Waals surface area contributed by atoms with Crippen LogP contribution >= 0.6 is 35.0 Å². The third-order valence-corrected chi connectivity index (χ3v) is 6.36. The molecule has 19 heavy (non-hydrogen) atoms. The van der Waals surface area contributed by atoms with E-state index < -0.39 is 15.8 Å². The highest BCUT2D eigenvalue weighted by Crippen LogP contribution is 2.28. The Labute approximate surface area is 126 Å². The molecule has 0 saturated carbocycles. The van der Waals surface area contributed by atoms with E-state index in [-0.39, 0.29) is 21.4 Å². The molecule has 0 atom stereocenters. The van der Waals surface area contributed by atoms with Gasteiger partial charge in [0.2, 0.25) is 10.0 Å². The standard InChI is InChI=1S/C11H12Cl2FNO2S2/c12-7-8-5-9(6-10(14)11(8)13)19(16,17)15-1-3-18-4-2-15/h5-6H,1-4,7H2. The molecule has 0 aliphatic carbocycles. The number of sulfonamides is 1. The second kappa shape index (κ2) is 6.18. The van der Waals surface area contributed by atoms with Gasteiger partial charge in [-0.2, -0.15) is 16.1 Å². The van der Waals surface area contributed by atoms with E-state index in [9.17, 15) is 12.8 Å². The molecule has 0 aromatic heterocycles. The smallest absolute Gasteiger partial charge is 0.207 e. The number of hydrogen-bond acceptors (Lipinski definition) is 3. The van der Waals surface area contributed by atoms with Gasteiger partial charge in [0.05, 0.1) is 9.92 Å². The summed E-state index contributed by atoms with van der Waals surface area (Å²) < 4.78 is 39.8. The van der Waals surface area contributed by atoms with Crippen molar-refractivity contribution in [3.8, 4) is 0 Å². The lowest BCUT2D eigenvalue weighted by Gasteiger charge is -2.25. The molecule has 8 heteroatoms. The third-order valence-electron chi connectivity index (χ3n) is 2.83. The number of rotatable bonds is 3. The zero-order chi connectivity index (χ0) is 14.0. The van der Waals surface area contributed by atoms with Gasteiger partial charge < -0.3 is 0 Å². The number of hydrogen-bond donors (Lipinski definition) is 0. The summed E-state index contributed by atoms with van der Waals surface area (Å²) in [7, 11) is -3.67. The Morgan fingerprint density at radius 3 is 2.53 bits per heavy atom. The zero-order valence-electron chi connectivity index (χ0n) is 9.90. The van der Waals surface area contributed by atoms with Crippen LogP contribution < -0.4 is 0 Å². The molecule has 1 aliphatic rings. The van der Waals surface area contributed by atoms with Crippen molar-refractivity contribution < 1.29 is 12.8 Å². The zero-order valence-corrected chi connectivity index (χ0v) is 13.0. The first-order valence-electron chi connectivity index (χ1n) is 5.58. The van der Waals surface area contributed by atoms with Crippen molar-refractivity contribution >= 4 is 45.0 Å². The Morgan fingerprint density at radius 1 is 1.32 bits per heavy atom. The molecule has 0 unspecified atom stereocenters. The lowest BCUT2D eigenvalue weighted by Crippen LogP contribution is -2.37. The SMILES string of the molecule is O=S(=O)(c1cc(F)c(Cl)c(CCl)c1)N1CCSCC1. The molecule has 1 heterocycles. The van der Waals surface area contributed by atoms with E-state index >= 15 is 0 Å². The van der Waals surface area contributed by atoms with Gasteiger partial charge in [-0.15, -0.1) is 11.6 Å². The molecular formula is C11H12Cl2FNO2S2. The van der Waals surface area contributed by atoms with Crippen LogP contribution in [0.3, 0.4) is 0 Å². The van der Waals surface area contributed by atoms with Crippen molar-refractivity contribution in [1.29, 1.82) is 0 Å². The fourth-order valence-corrected chi connectivity index (χ4v) is 4.89. The van der Waals surface area contributed by atoms with Crippen LogP contribution in [0.5, 0.6) is 0 Å². The van der Waals surface area contributed by atoms with E-state index in [4.69, 9.17) is 23.2 Å². The van der Waals surface area contributed by atoms with Gasteiger partial charge >= 0.3 is 0 Å². The quantitative estimate of drug-likeness (QED) is 0.792. The number of alkyl halides is 1. The minimum absolute atomic E-state index is 0.0328. The largest absolute Gasteiger partial charge is 0.243 e. The van der Waals surface area contributed by atoms with Gasteiger partial charge in [0.25, 0.3) is 0 Å². The number of thioether (sulfide) groups is 1. The van der Waals surface area contributed by atoms with Crippen LogP contribution in [0.4, 0.5) is 4.39 Å². The number of benzene rings is 1. The second-order valence-corrected chi connectivity index (χ2v) is 7.84. The topological polar surface area (TPSA) is 37.4 Å². The monoisotopic (exact) mass is 343 g/mol. The molecule has 1 aromatic carbocycles. The summed E-state index contributed by atoms with van der Waals surface area (Å²) in [5, 5.41) is -0.122. The maximum atomic E-state index is 13.6. The number of nitrogens with zero attached hydrogens (tertiary/aromatic N) is 1. The molecule has 1 aromatic rings. The summed E-state index contributed by atoms with van der Waals surface area (Å²) in [5.74, 6) is 0.703. The maximum Gasteiger partial charge on any atom is 0.243 e. The van der Waals surface area contributed by atoms with Gasteiger partial charge in [0.1, 0.15) is 5.82 Å². The Morgan fingerprint density at radius 2 is 1.95 bits per heavy atom. The first-order valence-corrected chi connectivity index (χ1v) is 9.09. The van der Waals surface area contributed by atoms with Crippen molar-refractivity contribution in [3.63, 3.8) is 0 Å². The summed E-state index contributed by atoms with van der Waals surface area (Å²) in [4.78, 5) is -0.0862. The van der Waals surface area contributed by atoms with Gasteiger partial charge in [-0.3, -0.25) is 0 Å². The van der Waals surface area contributed by atoms with Gasteiger partial charge in [-0.25, -0.2) is 12.8 Å². The van der Waals surface area contributed by atoms with Crippen LogP contribution in [-0.2, 0) is 15.9 Å². The molecule has 1 fully saturated rings. The Balaban J connectivity index is 2.42. The van der Waals surface area contributed by atoms with Crippen molar-refractivity contribution in [2.24, 2.45) is 0 Å². The van der Waals surface area contributed by atoms with Crippen LogP contribution in [0.15, 0.2) is 17.0 Å². The predicted octanol–water partition coefficient (Wildman–Crippen LogP) is 2.96. The molecule has 2 rings (SSSR count). The van der Waals surface area contributed by atoms with Crippen LogP contribution in [0.1, 0.15) is 5.56 Å². The molecule has 0 radical (unpaired) electrons. The summed E-state index contributed by atoms with van der Waals surface area (Å²) in [6.07, 6.45) is 0. The average Bonchev–Trinajstić information content (AvgIpc) is 2.42. The van der Waals surface area contributed by atoms with E-state index in [1.165, 1.54) is 10.4 Å². The molecule has 0 spiro atoms. The predicted molar refractivity (Wildman–Crippen MR) is 77.1 cm³/mol. The normalized spacial score (nSPS) is 17.6. The van der Waals surface area contributed by atoms with Crippen LogP contribution in [0.2, 0.25) is 5.02 Å². The fraction of sp³-hybridized carbons (Fsp3) is 0.455. The molecule has 3 nitrogen and oxygen atoms in total. The highest BCUT2D eigenvalue weighted by atomic mass is 35.5. The molecular weight excluding hydrogens is 332 g/mol. The summed E-state index contributed by atoms with van der Waals surface area (Å²) in [6.45, 7) is 0.876. The first kappa shape index (κ1) is 15.4. The highest BCUT2D eigenvalue weighted by molar-refractivity contribution is 7.99. The minimum atomic E-state index is -3.67. The molecule has 0 amide bonds. The van der Waals surface area contributed by atoms with E-state index in [0.29, 0.717) is 13.1 Å². The van der Waals surface area contributed by atoms with Crippen LogP contribution in [0, 0.1) is 5.82 Å². The molecule has 106 valence electrons. The maximum absolute atomic E-state index is 13.6. The third kappa shape index (κ3) is 3.19. The van der Waals surface area contributed by atoms with Crippen molar-refractivity contribution in [2.45, 2.75) is 10.8 Å². The average molecular weight is 344 g/mol. The van der Waals surface area contributed by atoms with Gasteiger partial charge in [-0.1, -0.05) is 11.6 Å². The fourth-order valence-electron chi connectivity index (χ4n) is 1.80. The lowest BCUT2D eigenvalue weighted by atomic mass is 10.2.